The summed E-state index contributed by atoms with van der Waals surface area (Å²) in [6.07, 6.45) is 4.36. The number of sulfone groups is 1. The number of nitrogens with one attached hydrogen (secondary N) is 2. The molecular formula is C19H30FIN4O3S. The first kappa shape index (κ1) is 25.6. The second-order valence-corrected chi connectivity index (χ2v) is 9.11. The number of amides is 1. The van der Waals surface area contributed by atoms with Gasteiger partial charge in [-0.25, -0.2) is 17.8 Å². The van der Waals surface area contributed by atoms with Crippen molar-refractivity contribution in [3.63, 3.8) is 0 Å². The van der Waals surface area contributed by atoms with E-state index in [1.165, 1.54) is 18.2 Å². The number of hydrogen-bond acceptors (Lipinski definition) is 4. The quantitative estimate of drug-likeness (QED) is 0.314. The van der Waals surface area contributed by atoms with Crippen molar-refractivity contribution in [1.82, 2.24) is 15.5 Å². The zero-order valence-electron chi connectivity index (χ0n) is 16.9. The van der Waals surface area contributed by atoms with E-state index in [1.807, 2.05) is 11.8 Å². The Kier molecular flexibility index (Phi) is 10.9. The van der Waals surface area contributed by atoms with E-state index in [9.17, 15) is 17.6 Å². The van der Waals surface area contributed by atoms with Crippen LogP contribution in [0, 0.1) is 5.82 Å². The number of hydrogen-bond donors (Lipinski definition) is 2. The second-order valence-electron chi connectivity index (χ2n) is 6.97. The van der Waals surface area contributed by atoms with Crippen LogP contribution in [-0.4, -0.2) is 57.6 Å². The normalized spacial score (nSPS) is 14.9. The minimum atomic E-state index is -3.25. The summed E-state index contributed by atoms with van der Waals surface area (Å²) in [5.41, 5.74) is 1.03. The maximum Gasteiger partial charge on any atom is 0.241 e. The van der Waals surface area contributed by atoms with E-state index in [1.54, 1.807) is 0 Å². The van der Waals surface area contributed by atoms with E-state index < -0.39 is 15.7 Å². The van der Waals surface area contributed by atoms with Crippen molar-refractivity contribution in [3.8, 4) is 0 Å². The first-order valence-corrected chi connectivity index (χ1v) is 11.6. The monoisotopic (exact) mass is 540 g/mol. The van der Waals surface area contributed by atoms with E-state index >= 15 is 0 Å². The van der Waals surface area contributed by atoms with Gasteiger partial charge in [0.15, 0.2) is 15.8 Å². The van der Waals surface area contributed by atoms with Crippen molar-refractivity contribution < 1.29 is 17.6 Å². The molecule has 0 saturated carbocycles. The Hall–Kier alpha value is -1.43. The van der Waals surface area contributed by atoms with Gasteiger partial charge in [0.25, 0.3) is 0 Å². The van der Waals surface area contributed by atoms with Gasteiger partial charge >= 0.3 is 0 Å². The van der Waals surface area contributed by atoms with Crippen LogP contribution in [0.1, 0.15) is 37.3 Å². The summed E-state index contributed by atoms with van der Waals surface area (Å²) in [5, 5.41) is 6.06. The molecule has 164 valence electrons. The summed E-state index contributed by atoms with van der Waals surface area (Å²) in [6, 6.07) is 4.02. The third-order valence-corrected chi connectivity index (χ3v) is 5.29. The molecule has 1 aliphatic heterocycles. The Morgan fingerprint density at radius 3 is 2.48 bits per heavy atom. The molecule has 2 N–H and O–H groups in total. The smallest absolute Gasteiger partial charge is 0.241 e. The molecule has 7 nitrogen and oxygen atoms in total. The van der Waals surface area contributed by atoms with Gasteiger partial charge in [-0.3, -0.25) is 4.79 Å². The number of benzene rings is 1. The Morgan fingerprint density at radius 2 is 1.86 bits per heavy atom. The fourth-order valence-corrected chi connectivity index (χ4v) is 3.93. The molecule has 2 rings (SSSR count). The SMILES string of the molecule is CCNC(=NCc1cc(F)ccc1CS(C)(=O)=O)NCC(=O)N1CCCCC1.I. The number of guanidine groups is 1. The molecule has 0 aromatic heterocycles. The van der Waals surface area contributed by atoms with Gasteiger partial charge in [-0.1, -0.05) is 6.07 Å². The molecule has 1 amide bonds. The predicted molar refractivity (Wildman–Crippen MR) is 124 cm³/mol. The van der Waals surface area contributed by atoms with Gasteiger partial charge in [-0.15, -0.1) is 24.0 Å². The van der Waals surface area contributed by atoms with Crippen LogP contribution in [0.25, 0.3) is 0 Å². The van der Waals surface area contributed by atoms with Crippen molar-refractivity contribution in [2.75, 3.05) is 32.4 Å². The number of piperidine rings is 1. The molecule has 1 fully saturated rings. The minimum absolute atomic E-state index is 0. The maximum absolute atomic E-state index is 13.6. The third kappa shape index (κ3) is 9.28. The number of aliphatic imine (C=N–C) groups is 1. The summed E-state index contributed by atoms with van der Waals surface area (Å²) >= 11 is 0. The maximum atomic E-state index is 13.6. The van der Waals surface area contributed by atoms with Crippen molar-refractivity contribution in [2.45, 2.75) is 38.5 Å². The molecule has 0 radical (unpaired) electrons. The average Bonchev–Trinajstić information content (AvgIpc) is 2.65. The summed E-state index contributed by atoms with van der Waals surface area (Å²) in [4.78, 5) is 18.5. The summed E-state index contributed by atoms with van der Waals surface area (Å²) in [7, 11) is -3.25. The topological polar surface area (TPSA) is 90.9 Å². The van der Waals surface area contributed by atoms with Gasteiger partial charge in [0.05, 0.1) is 18.8 Å². The molecule has 0 bridgehead atoms. The lowest BCUT2D eigenvalue weighted by Crippen LogP contribution is -2.46. The molecule has 1 aromatic carbocycles. The Labute approximate surface area is 189 Å². The van der Waals surface area contributed by atoms with Gasteiger partial charge in [0.2, 0.25) is 5.91 Å². The summed E-state index contributed by atoms with van der Waals surface area (Å²) in [5.74, 6) is -0.160. The summed E-state index contributed by atoms with van der Waals surface area (Å²) in [6.45, 7) is 4.31. The third-order valence-electron chi connectivity index (χ3n) is 4.45. The van der Waals surface area contributed by atoms with Gasteiger partial charge in [-0.2, -0.15) is 0 Å². The highest BCUT2D eigenvalue weighted by Crippen LogP contribution is 2.15. The summed E-state index contributed by atoms with van der Waals surface area (Å²) < 4.78 is 36.9. The molecular weight excluding hydrogens is 510 g/mol. The number of carbonyl (C=O) groups is 1. The molecule has 1 heterocycles. The van der Waals surface area contributed by atoms with Gasteiger partial charge in [0, 0.05) is 25.9 Å². The van der Waals surface area contributed by atoms with Crippen LogP contribution in [0.5, 0.6) is 0 Å². The van der Waals surface area contributed by atoms with E-state index in [0.29, 0.717) is 23.6 Å². The lowest BCUT2D eigenvalue weighted by Gasteiger charge is -2.27. The van der Waals surface area contributed by atoms with Crippen LogP contribution in [0.4, 0.5) is 4.39 Å². The van der Waals surface area contributed by atoms with Crippen molar-refractivity contribution >= 4 is 45.7 Å². The van der Waals surface area contributed by atoms with Crippen LogP contribution < -0.4 is 10.6 Å². The fraction of sp³-hybridized carbons (Fsp3) is 0.579. The van der Waals surface area contributed by atoms with E-state index in [2.05, 4.69) is 15.6 Å². The van der Waals surface area contributed by atoms with Crippen molar-refractivity contribution in [1.29, 1.82) is 0 Å². The van der Waals surface area contributed by atoms with Crippen LogP contribution in [0.3, 0.4) is 0 Å². The zero-order chi connectivity index (χ0) is 20.6. The minimum Gasteiger partial charge on any atom is -0.357 e. The fourth-order valence-electron chi connectivity index (χ4n) is 3.09. The Morgan fingerprint density at radius 1 is 1.17 bits per heavy atom. The number of rotatable bonds is 7. The highest BCUT2D eigenvalue weighted by molar-refractivity contribution is 14.0. The molecule has 0 atom stereocenters. The van der Waals surface area contributed by atoms with Crippen LogP contribution in [0.2, 0.25) is 0 Å². The molecule has 0 spiro atoms. The highest BCUT2D eigenvalue weighted by atomic mass is 127. The Balaban J connectivity index is 0.00000420. The van der Waals surface area contributed by atoms with Crippen LogP contribution >= 0.6 is 24.0 Å². The number of carbonyl (C=O) groups excluding carboxylic acids is 1. The van der Waals surface area contributed by atoms with Gasteiger partial charge < -0.3 is 15.5 Å². The van der Waals surface area contributed by atoms with E-state index in [0.717, 1.165) is 38.6 Å². The molecule has 10 heteroatoms. The average molecular weight is 540 g/mol. The lowest BCUT2D eigenvalue weighted by atomic mass is 10.1. The predicted octanol–water partition coefficient (Wildman–Crippen LogP) is 2.06. The molecule has 1 aliphatic rings. The standard InChI is InChI=1S/C19H29FN4O3S.HI/c1-3-21-19(23-13-18(25)24-9-5-4-6-10-24)22-12-16-11-17(20)8-7-15(16)14-28(2,26)27;/h7-8,11H,3-6,9-10,12-14H2,1-2H3,(H2,21,22,23);1H. The number of likely N-dealkylation sites (tertiary alicyclic amines) is 1. The lowest BCUT2D eigenvalue weighted by molar-refractivity contribution is -0.130. The van der Waals surface area contributed by atoms with E-state index in [4.69, 9.17) is 0 Å². The van der Waals surface area contributed by atoms with Crippen LogP contribution in [-0.2, 0) is 26.9 Å². The zero-order valence-corrected chi connectivity index (χ0v) is 20.1. The van der Waals surface area contributed by atoms with E-state index in [-0.39, 0.29) is 48.7 Å². The molecule has 1 saturated heterocycles. The molecule has 29 heavy (non-hydrogen) atoms. The van der Waals surface area contributed by atoms with Crippen molar-refractivity contribution in [3.05, 3.63) is 35.1 Å². The van der Waals surface area contributed by atoms with Gasteiger partial charge in [-0.05, 0) is 49.4 Å². The first-order valence-electron chi connectivity index (χ1n) is 9.53. The molecule has 0 aliphatic carbocycles. The highest BCUT2D eigenvalue weighted by Gasteiger charge is 2.16. The van der Waals surface area contributed by atoms with Crippen LogP contribution in [0.15, 0.2) is 23.2 Å². The largest absolute Gasteiger partial charge is 0.357 e. The number of nitrogens with zero attached hydrogens (tertiary/aromatic N) is 2. The first-order chi connectivity index (χ1) is 13.3. The molecule has 0 unspecified atom stereocenters. The Bertz CT molecular complexity index is 812. The van der Waals surface area contributed by atoms with Gasteiger partial charge in [0.1, 0.15) is 5.82 Å². The molecule has 1 aromatic rings. The number of halogens is 2. The second kappa shape index (κ2) is 12.3. The van der Waals surface area contributed by atoms with Crippen molar-refractivity contribution in [2.24, 2.45) is 4.99 Å².